The molecule has 0 heterocycles. The zero-order chi connectivity index (χ0) is 15.2. The SMILES string of the molecule is CCc1cccc(Oc2ccc(CC(N)CC)c(C)c2)c1. The van der Waals surface area contributed by atoms with Gasteiger partial charge in [-0.15, -0.1) is 0 Å². The average Bonchev–Trinajstić information content (AvgIpc) is 2.50. The minimum atomic E-state index is 0.233. The van der Waals surface area contributed by atoms with Crippen LogP contribution in [0.15, 0.2) is 42.5 Å². The van der Waals surface area contributed by atoms with Crippen LogP contribution in [0.2, 0.25) is 0 Å². The highest BCUT2D eigenvalue weighted by Gasteiger charge is 2.06. The summed E-state index contributed by atoms with van der Waals surface area (Å²) in [5.41, 5.74) is 9.87. The van der Waals surface area contributed by atoms with Gasteiger partial charge < -0.3 is 10.5 Å². The van der Waals surface area contributed by atoms with E-state index in [1.54, 1.807) is 0 Å². The maximum Gasteiger partial charge on any atom is 0.127 e. The maximum atomic E-state index is 6.04. The Kier molecular flexibility index (Phi) is 5.40. The van der Waals surface area contributed by atoms with Crippen LogP contribution in [-0.2, 0) is 12.8 Å². The van der Waals surface area contributed by atoms with Crippen molar-refractivity contribution in [1.82, 2.24) is 0 Å². The third kappa shape index (κ3) is 4.33. The van der Waals surface area contributed by atoms with Crippen LogP contribution in [0.5, 0.6) is 11.5 Å². The van der Waals surface area contributed by atoms with Gasteiger partial charge in [0, 0.05) is 6.04 Å². The van der Waals surface area contributed by atoms with Gasteiger partial charge in [0.1, 0.15) is 11.5 Å². The molecular weight excluding hydrogens is 258 g/mol. The number of benzene rings is 2. The zero-order valence-electron chi connectivity index (χ0n) is 13.2. The molecule has 0 bridgehead atoms. The fraction of sp³-hybridized carbons (Fsp3) is 0.368. The van der Waals surface area contributed by atoms with Gasteiger partial charge in [0.05, 0.1) is 0 Å². The predicted molar refractivity (Wildman–Crippen MR) is 89.0 cm³/mol. The Morgan fingerprint density at radius 3 is 2.48 bits per heavy atom. The fourth-order valence-electron chi connectivity index (χ4n) is 2.35. The average molecular weight is 283 g/mol. The maximum absolute atomic E-state index is 6.04. The second kappa shape index (κ2) is 7.28. The molecule has 2 heteroatoms. The molecule has 0 amide bonds. The molecule has 0 fully saturated rings. The Morgan fingerprint density at radius 1 is 1.05 bits per heavy atom. The van der Waals surface area contributed by atoms with Crippen molar-refractivity contribution in [1.29, 1.82) is 0 Å². The van der Waals surface area contributed by atoms with E-state index < -0.39 is 0 Å². The van der Waals surface area contributed by atoms with Crippen LogP contribution in [0, 0.1) is 6.92 Å². The Balaban J connectivity index is 2.12. The van der Waals surface area contributed by atoms with Crippen LogP contribution in [0.1, 0.15) is 37.0 Å². The monoisotopic (exact) mass is 283 g/mol. The van der Waals surface area contributed by atoms with Crippen molar-refractivity contribution in [3.05, 3.63) is 59.2 Å². The van der Waals surface area contributed by atoms with Gasteiger partial charge in [-0.25, -0.2) is 0 Å². The highest BCUT2D eigenvalue weighted by molar-refractivity contribution is 5.39. The van der Waals surface area contributed by atoms with Gasteiger partial charge in [0.25, 0.3) is 0 Å². The molecule has 0 saturated heterocycles. The van der Waals surface area contributed by atoms with E-state index in [-0.39, 0.29) is 6.04 Å². The van der Waals surface area contributed by atoms with Crippen molar-refractivity contribution in [2.75, 3.05) is 0 Å². The van der Waals surface area contributed by atoms with Crippen LogP contribution in [-0.4, -0.2) is 6.04 Å². The van der Waals surface area contributed by atoms with Crippen LogP contribution < -0.4 is 10.5 Å². The summed E-state index contributed by atoms with van der Waals surface area (Å²) in [5, 5.41) is 0. The lowest BCUT2D eigenvalue weighted by atomic mass is 10.00. The van der Waals surface area contributed by atoms with E-state index >= 15 is 0 Å². The fourth-order valence-corrected chi connectivity index (χ4v) is 2.35. The molecule has 0 spiro atoms. The Labute approximate surface area is 127 Å². The standard InChI is InChI=1S/C19H25NO/c1-4-15-7-6-8-18(12-15)21-19-10-9-16(14(3)11-19)13-17(20)5-2/h6-12,17H,4-5,13,20H2,1-3H3. The third-order valence-corrected chi connectivity index (χ3v) is 3.86. The summed E-state index contributed by atoms with van der Waals surface area (Å²) in [6.07, 6.45) is 2.94. The van der Waals surface area contributed by atoms with E-state index in [0.717, 1.165) is 30.8 Å². The van der Waals surface area contributed by atoms with Crippen LogP contribution in [0.25, 0.3) is 0 Å². The second-order valence-electron chi connectivity index (χ2n) is 5.56. The second-order valence-corrected chi connectivity index (χ2v) is 5.56. The molecule has 2 nitrogen and oxygen atoms in total. The van der Waals surface area contributed by atoms with Crippen molar-refractivity contribution in [2.24, 2.45) is 5.73 Å². The number of ether oxygens (including phenoxy) is 1. The van der Waals surface area contributed by atoms with Crippen molar-refractivity contribution in [3.63, 3.8) is 0 Å². The number of aryl methyl sites for hydroxylation is 2. The highest BCUT2D eigenvalue weighted by atomic mass is 16.5. The van der Waals surface area contributed by atoms with Gasteiger partial charge in [-0.2, -0.15) is 0 Å². The van der Waals surface area contributed by atoms with Crippen molar-refractivity contribution in [3.8, 4) is 11.5 Å². The molecule has 112 valence electrons. The van der Waals surface area contributed by atoms with Gasteiger partial charge in [-0.1, -0.05) is 32.0 Å². The summed E-state index contributed by atoms with van der Waals surface area (Å²) >= 11 is 0. The predicted octanol–water partition coefficient (Wildman–Crippen LogP) is 4.63. The normalized spacial score (nSPS) is 12.2. The number of hydrogen-bond acceptors (Lipinski definition) is 2. The van der Waals surface area contributed by atoms with E-state index in [4.69, 9.17) is 10.5 Å². The van der Waals surface area contributed by atoms with E-state index in [1.807, 2.05) is 18.2 Å². The molecule has 2 aromatic carbocycles. The minimum Gasteiger partial charge on any atom is -0.457 e. The minimum absolute atomic E-state index is 0.233. The summed E-state index contributed by atoms with van der Waals surface area (Å²) in [6.45, 7) is 6.39. The summed E-state index contributed by atoms with van der Waals surface area (Å²) < 4.78 is 5.96. The number of hydrogen-bond donors (Lipinski definition) is 1. The van der Waals surface area contributed by atoms with Crippen LogP contribution in [0.3, 0.4) is 0 Å². The van der Waals surface area contributed by atoms with Gasteiger partial charge in [0.2, 0.25) is 0 Å². The van der Waals surface area contributed by atoms with Crippen LogP contribution >= 0.6 is 0 Å². The first-order chi connectivity index (χ1) is 10.1. The molecule has 0 aromatic heterocycles. The first-order valence-electron chi connectivity index (χ1n) is 7.74. The molecule has 0 saturated carbocycles. The number of rotatable bonds is 6. The lowest BCUT2D eigenvalue weighted by Gasteiger charge is -2.13. The van der Waals surface area contributed by atoms with E-state index in [0.29, 0.717) is 0 Å². The van der Waals surface area contributed by atoms with E-state index in [9.17, 15) is 0 Å². The quantitative estimate of drug-likeness (QED) is 0.839. The molecule has 0 aliphatic heterocycles. The molecule has 0 aliphatic rings. The first kappa shape index (κ1) is 15.6. The van der Waals surface area contributed by atoms with Gasteiger partial charge in [-0.05, 0) is 67.1 Å². The molecule has 1 atom stereocenters. The van der Waals surface area contributed by atoms with Gasteiger partial charge >= 0.3 is 0 Å². The van der Waals surface area contributed by atoms with Crippen molar-refractivity contribution >= 4 is 0 Å². The molecule has 2 N–H and O–H groups in total. The molecular formula is C19H25NO. The summed E-state index contributed by atoms with van der Waals surface area (Å²) in [5.74, 6) is 1.78. The Hall–Kier alpha value is -1.80. The molecule has 0 radical (unpaired) electrons. The molecule has 21 heavy (non-hydrogen) atoms. The lowest BCUT2D eigenvalue weighted by Crippen LogP contribution is -2.21. The Bertz CT molecular complexity index is 592. The largest absolute Gasteiger partial charge is 0.457 e. The highest BCUT2D eigenvalue weighted by Crippen LogP contribution is 2.25. The summed E-state index contributed by atoms with van der Waals surface area (Å²) in [6, 6.07) is 14.7. The molecule has 2 rings (SSSR count). The van der Waals surface area contributed by atoms with Crippen molar-refractivity contribution < 1.29 is 4.74 Å². The summed E-state index contributed by atoms with van der Waals surface area (Å²) in [4.78, 5) is 0. The van der Waals surface area contributed by atoms with Gasteiger partial charge in [-0.3, -0.25) is 0 Å². The molecule has 2 aromatic rings. The van der Waals surface area contributed by atoms with E-state index in [1.165, 1.54) is 16.7 Å². The topological polar surface area (TPSA) is 35.2 Å². The lowest BCUT2D eigenvalue weighted by molar-refractivity contribution is 0.481. The Morgan fingerprint density at radius 2 is 1.81 bits per heavy atom. The molecule has 1 unspecified atom stereocenters. The molecule has 0 aliphatic carbocycles. The number of nitrogens with two attached hydrogens (primary N) is 1. The van der Waals surface area contributed by atoms with Crippen molar-refractivity contribution in [2.45, 2.75) is 46.1 Å². The zero-order valence-corrected chi connectivity index (χ0v) is 13.2. The third-order valence-electron chi connectivity index (χ3n) is 3.86. The van der Waals surface area contributed by atoms with E-state index in [2.05, 4.69) is 45.0 Å². The summed E-state index contributed by atoms with van der Waals surface area (Å²) in [7, 11) is 0. The first-order valence-corrected chi connectivity index (χ1v) is 7.74. The van der Waals surface area contributed by atoms with Crippen LogP contribution in [0.4, 0.5) is 0 Å². The van der Waals surface area contributed by atoms with Gasteiger partial charge in [0.15, 0.2) is 0 Å². The smallest absolute Gasteiger partial charge is 0.127 e.